The lowest BCUT2D eigenvalue weighted by atomic mass is 9.63. The predicted molar refractivity (Wildman–Crippen MR) is 95.3 cm³/mol. The molecule has 1 N–H and O–H groups in total. The van der Waals surface area contributed by atoms with Gasteiger partial charge < -0.3 is 10.1 Å². The lowest BCUT2D eigenvalue weighted by Gasteiger charge is -2.38. The van der Waals surface area contributed by atoms with Crippen LogP contribution in [0.1, 0.15) is 19.8 Å². The van der Waals surface area contributed by atoms with Gasteiger partial charge >= 0.3 is 0 Å². The largest absolute Gasteiger partial charge is 0.497 e. The molecule has 5 rings (SSSR count). The number of imide groups is 1. The van der Waals surface area contributed by atoms with Gasteiger partial charge in [-0.15, -0.1) is 0 Å². The second-order valence-corrected chi connectivity index (χ2v) is 7.28. The quantitative estimate of drug-likeness (QED) is 0.664. The van der Waals surface area contributed by atoms with Crippen LogP contribution in [0.15, 0.2) is 36.4 Å². The van der Waals surface area contributed by atoms with Crippen molar-refractivity contribution in [3.63, 3.8) is 0 Å². The summed E-state index contributed by atoms with van der Waals surface area (Å²) < 4.78 is 5.10. The summed E-state index contributed by atoms with van der Waals surface area (Å²) in [5, 5.41) is 2.77. The van der Waals surface area contributed by atoms with Crippen molar-refractivity contribution in [1.82, 2.24) is 4.90 Å². The minimum Gasteiger partial charge on any atom is -0.497 e. The summed E-state index contributed by atoms with van der Waals surface area (Å²) in [6.45, 7) is 1.61. The van der Waals surface area contributed by atoms with Crippen LogP contribution in [0.5, 0.6) is 5.75 Å². The number of carbonyl (C=O) groups is 3. The smallest absolute Gasteiger partial charge is 0.247 e. The molecular formula is C20H22N2O4. The van der Waals surface area contributed by atoms with Gasteiger partial charge in [0.1, 0.15) is 11.8 Å². The van der Waals surface area contributed by atoms with Gasteiger partial charge in [0.2, 0.25) is 17.7 Å². The van der Waals surface area contributed by atoms with E-state index in [0.717, 1.165) is 12.8 Å². The number of methoxy groups -OCH3 is 1. The summed E-state index contributed by atoms with van der Waals surface area (Å²) in [4.78, 5) is 39.6. The van der Waals surface area contributed by atoms with E-state index < -0.39 is 6.04 Å². The number of benzene rings is 1. The van der Waals surface area contributed by atoms with E-state index in [-0.39, 0.29) is 41.4 Å². The zero-order chi connectivity index (χ0) is 18.4. The summed E-state index contributed by atoms with van der Waals surface area (Å²) in [6, 6.07) is 6.10. The Kier molecular flexibility index (Phi) is 4.05. The van der Waals surface area contributed by atoms with Gasteiger partial charge in [-0.05, 0) is 55.9 Å². The molecular weight excluding hydrogens is 332 g/mol. The highest BCUT2D eigenvalue weighted by molar-refractivity contribution is 6.10. The standard InChI is InChI=1S/C20H22N2O4/c1-11(18(23)21-14-7-9-15(26-2)10-8-14)22-19(24)16-12-3-4-13(6-5-12)17(16)20(22)25/h3-4,7-13,16-17H,5-6H2,1-2H3,(H,21,23)/t11-,12+,13+,16-,17+/m1/s1. The molecule has 1 aliphatic heterocycles. The summed E-state index contributed by atoms with van der Waals surface area (Å²) in [5.74, 6) is -0.395. The van der Waals surface area contributed by atoms with Gasteiger partial charge in [-0.2, -0.15) is 0 Å². The zero-order valence-corrected chi connectivity index (χ0v) is 14.8. The van der Waals surface area contributed by atoms with Crippen molar-refractivity contribution in [1.29, 1.82) is 0 Å². The van der Waals surface area contributed by atoms with Gasteiger partial charge in [0.15, 0.2) is 0 Å². The van der Waals surface area contributed by atoms with Gasteiger partial charge in [-0.1, -0.05) is 12.2 Å². The van der Waals surface area contributed by atoms with Crippen molar-refractivity contribution in [2.75, 3.05) is 12.4 Å². The van der Waals surface area contributed by atoms with Gasteiger partial charge in [-0.3, -0.25) is 19.3 Å². The van der Waals surface area contributed by atoms with Crippen LogP contribution in [-0.4, -0.2) is 35.8 Å². The molecule has 1 saturated carbocycles. The van der Waals surface area contributed by atoms with E-state index >= 15 is 0 Å². The monoisotopic (exact) mass is 354 g/mol. The molecule has 1 aromatic carbocycles. The summed E-state index contributed by atoms with van der Waals surface area (Å²) in [6.07, 6.45) is 6.04. The van der Waals surface area contributed by atoms with Crippen LogP contribution in [0, 0.1) is 23.7 Å². The zero-order valence-electron chi connectivity index (χ0n) is 14.8. The Labute approximate surface area is 152 Å². The normalized spacial score (nSPS) is 30.3. The fourth-order valence-corrected chi connectivity index (χ4v) is 4.52. The number of allylic oxidation sites excluding steroid dienone is 2. The Hall–Kier alpha value is -2.63. The van der Waals surface area contributed by atoms with Crippen molar-refractivity contribution in [2.45, 2.75) is 25.8 Å². The number of carbonyl (C=O) groups excluding carboxylic acids is 3. The highest BCUT2D eigenvalue weighted by Crippen LogP contribution is 2.49. The number of likely N-dealkylation sites (tertiary alicyclic amines) is 1. The lowest BCUT2D eigenvalue weighted by molar-refractivity contribution is -0.146. The Morgan fingerprint density at radius 2 is 1.62 bits per heavy atom. The van der Waals surface area contributed by atoms with E-state index in [1.807, 2.05) is 0 Å². The van der Waals surface area contributed by atoms with Crippen molar-refractivity contribution >= 4 is 23.4 Å². The van der Waals surface area contributed by atoms with Gasteiger partial charge in [0.25, 0.3) is 0 Å². The van der Waals surface area contributed by atoms with Crippen molar-refractivity contribution in [3.8, 4) is 5.75 Å². The van der Waals surface area contributed by atoms with Crippen LogP contribution >= 0.6 is 0 Å². The molecule has 136 valence electrons. The Balaban J connectivity index is 1.50. The number of amides is 3. The minimum atomic E-state index is -0.831. The first-order valence-corrected chi connectivity index (χ1v) is 9.01. The third-order valence-corrected chi connectivity index (χ3v) is 5.92. The molecule has 0 aromatic heterocycles. The third kappa shape index (κ3) is 2.52. The lowest BCUT2D eigenvalue weighted by Crippen LogP contribution is -2.46. The van der Waals surface area contributed by atoms with Crippen LogP contribution in [0.25, 0.3) is 0 Å². The summed E-state index contributed by atoms with van der Waals surface area (Å²) in [5.41, 5.74) is 0.598. The number of nitrogens with one attached hydrogen (secondary N) is 1. The predicted octanol–water partition coefficient (Wildman–Crippen LogP) is 2.22. The van der Waals surface area contributed by atoms with Crippen molar-refractivity contribution in [3.05, 3.63) is 36.4 Å². The van der Waals surface area contributed by atoms with Crippen molar-refractivity contribution < 1.29 is 19.1 Å². The Morgan fingerprint density at radius 1 is 1.08 bits per heavy atom. The Morgan fingerprint density at radius 3 is 2.08 bits per heavy atom. The van der Waals surface area contributed by atoms with Gasteiger partial charge in [0, 0.05) is 5.69 Å². The molecule has 6 heteroatoms. The van der Waals surface area contributed by atoms with Crippen LogP contribution in [-0.2, 0) is 14.4 Å². The highest BCUT2D eigenvalue weighted by Gasteiger charge is 2.58. The molecule has 26 heavy (non-hydrogen) atoms. The van der Waals surface area contributed by atoms with Crippen molar-refractivity contribution in [2.24, 2.45) is 23.7 Å². The van der Waals surface area contributed by atoms with Gasteiger partial charge in [0.05, 0.1) is 18.9 Å². The second kappa shape index (κ2) is 6.27. The van der Waals surface area contributed by atoms with E-state index in [9.17, 15) is 14.4 Å². The van der Waals surface area contributed by atoms with Crippen LogP contribution < -0.4 is 10.1 Å². The minimum absolute atomic E-state index is 0.128. The van der Waals surface area contributed by atoms with Gasteiger partial charge in [-0.25, -0.2) is 0 Å². The van der Waals surface area contributed by atoms with E-state index in [4.69, 9.17) is 4.74 Å². The average molecular weight is 354 g/mol. The molecule has 0 spiro atoms. The van der Waals surface area contributed by atoms with Crippen LogP contribution in [0.3, 0.4) is 0 Å². The SMILES string of the molecule is COc1ccc(NC(=O)[C@@H](C)N2C(=O)[C@@H]3[C@H](C2=O)[C@H]2C=C[C@H]3CC2)cc1. The molecule has 4 aliphatic rings. The van der Waals surface area contributed by atoms with E-state index in [1.165, 1.54) is 4.90 Å². The molecule has 1 heterocycles. The maximum absolute atomic E-state index is 12.9. The summed E-state index contributed by atoms with van der Waals surface area (Å²) >= 11 is 0. The number of nitrogens with zero attached hydrogens (tertiary/aromatic N) is 1. The van der Waals surface area contributed by atoms with E-state index in [2.05, 4.69) is 17.5 Å². The molecule has 6 nitrogen and oxygen atoms in total. The van der Waals surface area contributed by atoms with E-state index in [0.29, 0.717) is 11.4 Å². The number of rotatable bonds is 4. The van der Waals surface area contributed by atoms with E-state index in [1.54, 1.807) is 38.3 Å². The second-order valence-electron chi connectivity index (χ2n) is 7.28. The number of hydrogen-bond donors (Lipinski definition) is 1. The average Bonchev–Trinajstić information content (AvgIpc) is 2.95. The molecule has 2 fully saturated rings. The molecule has 3 amide bonds. The maximum Gasteiger partial charge on any atom is 0.247 e. The first-order valence-electron chi connectivity index (χ1n) is 9.01. The number of fused-ring (bicyclic) bond motifs is 1. The maximum atomic E-state index is 12.9. The summed E-state index contributed by atoms with van der Waals surface area (Å²) in [7, 11) is 1.57. The fourth-order valence-electron chi connectivity index (χ4n) is 4.52. The molecule has 2 bridgehead atoms. The molecule has 1 saturated heterocycles. The van der Waals surface area contributed by atoms with Crippen LogP contribution in [0.2, 0.25) is 0 Å². The fraction of sp³-hybridized carbons (Fsp3) is 0.450. The molecule has 5 atom stereocenters. The first-order chi connectivity index (χ1) is 12.5. The molecule has 0 unspecified atom stereocenters. The highest BCUT2D eigenvalue weighted by atomic mass is 16.5. The molecule has 0 radical (unpaired) electrons. The first kappa shape index (κ1) is 16.8. The topological polar surface area (TPSA) is 75.7 Å². The number of ether oxygens (including phenoxy) is 1. The van der Waals surface area contributed by atoms with Crippen LogP contribution in [0.4, 0.5) is 5.69 Å². The number of anilines is 1. The Bertz CT molecular complexity index is 754. The molecule has 1 aromatic rings. The number of hydrogen-bond acceptors (Lipinski definition) is 4. The third-order valence-electron chi connectivity index (χ3n) is 5.92. The molecule has 3 aliphatic carbocycles.